The fourth-order valence-corrected chi connectivity index (χ4v) is 1.84. The van der Waals surface area contributed by atoms with E-state index in [1.54, 1.807) is 6.07 Å². The van der Waals surface area contributed by atoms with Crippen LogP contribution in [0.3, 0.4) is 0 Å². The van der Waals surface area contributed by atoms with Crippen molar-refractivity contribution < 1.29 is 4.39 Å². The van der Waals surface area contributed by atoms with Crippen molar-refractivity contribution in [3.05, 3.63) is 40.8 Å². The van der Waals surface area contributed by atoms with Crippen LogP contribution in [0.15, 0.2) is 24.3 Å². The molecule has 20 heavy (non-hydrogen) atoms. The molecular weight excluding hydrogens is 279 g/mol. The van der Waals surface area contributed by atoms with Gasteiger partial charge in [0.2, 0.25) is 5.95 Å². The third-order valence-corrected chi connectivity index (χ3v) is 2.91. The van der Waals surface area contributed by atoms with E-state index in [0.717, 1.165) is 18.7 Å². The van der Waals surface area contributed by atoms with E-state index in [2.05, 4.69) is 27.5 Å². The first-order valence-corrected chi connectivity index (χ1v) is 6.78. The SMILES string of the molecule is CCCNc1nc(C)cc(Nc2cc(F)ccc2Cl)n1. The number of hydrogen-bond donors (Lipinski definition) is 2. The maximum Gasteiger partial charge on any atom is 0.224 e. The summed E-state index contributed by atoms with van der Waals surface area (Å²) >= 11 is 6.02. The highest BCUT2D eigenvalue weighted by Crippen LogP contribution is 2.25. The predicted molar refractivity (Wildman–Crippen MR) is 80.2 cm³/mol. The van der Waals surface area contributed by atoms with E-state index < -0.39 is 0 Å². The van der Waals surface area contributed by atoms with Crippen molar-refractivity contribution >= 4 is 29.1 Å². The highest BCUT2D eigenvalue weighted by atomic mass is 35.5. The second-order valence-electron chi connectivity index (χ2n) is 4.39. The molecule has 2 rings (SSSR count). The number of hydrogen-bond acceptors (Lipinski definition) is 4. The van der Waals surface area contributed by atoms with Crippen molar-refractivity contribution in [1.29, 1.82) is 0 Å². The number of aromatic nitrogens is 2. The van der Waals surface area contributed by atoms with Crippen molar-refractivity contribution in [2.75, 3.05) is 17.2 Å². The van der Waals surface area contributed by atoms with Gasteiger partial charge in [-0.05, 0) is 31.5 Å². The molecule has 1 aromatic carbocycles. The number of anilines is 3. The van der Waals surface area contributed by atoms with Crippen molar-refractivity contribution in [2.24, 2.45) is 0 Å². The van der Waals surface area contributed by atoms with E-state index >= 15 is 0 Å². The lowest BCUT2D eigenvalue weighted by Gasteiger charge is -2.10. The quantitative estimate of drug-likeness (QED) is 0.870. The Balaban J connectivity index is 2.24. The van der Waals surface area contributed by atoms with Gasteiger partial charge in [-0.3, -0.25) is 0 Å². The molecule has 0 atom stereocenters. The van der Waals surface area contributed by atoms with E-state index in [1.165, 1.54) is 18.2 Å². The van der Waals surface area contributed by atoms with Gasteiger partial charge in [-0.15, -0.1) is 0 Å². The van der Waals surface area contributed by atoms with Crippen LogP contribution in [0.2, 0.25) is 5.02 Å². The summed E-state index contributed by atoms with van der Waals surface area (Å²) in [5, 5.41) is 6.56. The van der Waals surface area contributed by atoms with Crippen molar-refractivity contribution in [2.45, 2.75) is 20.3 Å². The smallest absolute Gasteiger partial charge is 0.224 e. The maximum atomic E-state index is 13.2. The summed E-state index contributed by atoms with van der Waals surface area (Å²) in [6.07, 6.45) is 0.982. The summed E-state index contributed by atoms with van der Waals surface area (Å²) in [6.45, 7) is 4.73. The van der Waals surface area contributed by atoms with Crippen LogP contribution < -0.4 is 10.6 Å². The Kier molecular flexibility index (Phi) is 4.74. The molecule has 0 saturated carbocycles. The zero-order valence-corrected chi connectivity index (χ0v) is 12.1. The second-order valence-corrected chi connectivity index (χ2v) is 4.80. The van der Waals surface area contributed by atoms with Crippen LogP contribution in [0.4, 0.5) is 21.8 Å². The van der Waals surface area contributed by atoms with Crippen LogP contribution >= 0.6 is 11.6 Å². The molecule has 0 fully saturated rings. The van der Waals surface area contributed by atoms with Crippen LogP contribution in [0.25, 0.3) is 0 Å². The van der Waals surface area contributed by atoms with Gasteiger partial charge in [0.15, 0.2) is 0 Å². The molecule has 0 aliphatic rings. The largest absolute Gasteiger partial charge is 0.354 e. The zero-order chi connectivity index (χ0) is 14.5. The minimum absolute atomic E-state index is 0.355. The van der Waals surface area contributed by atoms with Crippen LogP contribution in [0, 0.1) is 12.7 Å². The predicted octanol–water partition coefficient (Wildman–Crippen LogP) is 4.14. The minimum Gasteiger partial charge on any atom is -0.354 e. The third kappa shape index (κ3) is 3.81. The molecule has 1 heterocycles. The highest BCUT2D eigenvalue weighted by Gasteiger charge is 2.06. The molecule has 0 unspecified atom stereocenters. The van der Waals surface area contributed by atoms with E-state index in [9.17, 15) is 4.39 Å². The van der Waals surface area contributed by atoms with Gasteiger partial charge in [0.1, 0.15) is 11.6 Å². The fraction of sp³-hybridized carbons (Fsp3) is 0.286. The minimum atomic E-state index is -0.355. The third-order valence-electron chi connectivity index (χ3n) is 2.58. The van der Waals surface area contributed by atoms with Crippen molar-refractivity contribution in [3.8, 4) is 0 Å². The van der Waals surface area contributed by atoms with E-state index in [0.29, 0.717) is 22.5 Å². The summed E-state index contributed by atoms with van der Waals surface area (Å²) in [4.78, 5) is 8.61. The summed E-state index contributed by atoms with van der Waals surface area (Å²) in [5.74, 6) is 0.762. The lowest BCUT2D eigenvalue weighted by atomic mass is 10.3. The molecule has 0 bridgehead atoms. The summed E-state index contributed by atoms with van der Waals surface area (Å²) in [6, 6.07) is 5.92. The summed E-state index contributed by atoms with van der Waals surface area (Å²) < 4.78 is 13.2. The summed E-state index contributed by atoms with van der Waals surface area (Å²) in [7, 11) is 0. The van der Waals surface area contributed by atoms with Gasteiger partial charge < -0.3 is 10.6 Å². The van der Waals surface area contributed by atoms with Crippen LogP contribution in [0.5, 0.6) is 0 Å². The molecule has 0 saturated heterocycles. The van der Waals surface area contributed by atoms with Gasteiger partial charge in [0, 0.05) is 18.3 Å². The van der Waals surface area contributed by atoms with Crippen LogP contribution in [-0.2, 0) is 0 Å². The first-order valence-electron chi connectivity index (χ1n) is 6.40. The Morgan fingerprint density at radius 3 is 2.80 bits per heavy atom. The number of halogens is 2. The molecule has 0 aliphatic carbocycles. The summed E-state index contributed by atoms with van der Waals surface area (Å²) in [5.41, 5.74) is 1.29. The van der Waals surface area contributed by atoms with Crippen molar-refractivity contribution in [1.82, 2.24) is 9.97 Å². The molecule has 0 radical (unpaired) electrons. The Hall–Kier alpha value is -1.88. The molecule has 106 valence electrons. The zero-order valence-electron chi connectivity index (χ0n) is 11.4. The lowest BCUT2D eigenvalue weighted by Crippen LogP contribution is -2.07. The molecule has 0 aliphatic heterocycles. The number of nitrogens with one attached hydrogen (secondary N) is 2. The van der Waals surface area contributed by atoms with Gasteiger partial charge in [-0.2, -0.15) is 4.98 Å². The molecule has 0 amide bonds. The van der Waals surface area contributed by atoms with Gasteiger partial charge in [0.05, 0.1) is 10.7 Å². The fourth-order valence-electron chi connectivity index (χ4n) is 1.68. The number of benzene rings is 1. The first-order chi connectivity index (χ1) is 9.58. The molecule has 0 spiro atoms. The number of rotatable bonds is 5. The molecule has 6 heteroatoms. The number of aryl methyl sites for hydroxylation is 1. The Morgan fingerprint density at radius 1 is 1.25 bits per heavy atom. The lowest BCUT2D eigenvalue weighted by molar-refractivity contribution is 0.628. The van der Waals surface area contributed by atoms with Gasteiger partial charge in [-0.25, -0.2) is 9.37 Å². The highest BCUT2D eigenvalue weighted by molar-refractivity contribution is 6.33. The van der Waals surface area contributed by atoms with E-state index in [1.807, 2.05) is 6.92 Å². The van der Waals surface area contributed by atoms with Crippen molar-refractivity contribution in [3.63, 3.8) is 0 Å². The molecule has 2 N–H and O–H groups in total. The molecular formula is C14H16ClFN4. The average molecular weight is 295 g/mol. The van der Waals surface area contributed by atoms with Crippen LogP contribution in [0.1, 0.15) is 19.0 Å². The van der Waals surface area contributed by atoms with E-state index in [4.69, 9.17) is 11.6 Å². The average Bonchev–Trinajstić information content (AvgIpc) is 2.40. The van der Waals surface area contributed by atoms with Gasteiger partial charge in [0.25, 0.3) is 0 Å². The first kappa shape index (κ1) is 14.5. The molecule has 2 aromatic rings. The van der Waals surface area contributed by atoms with Crippen LogP contribution in [-0.4, -0.2) is 16.5 Å². The number of nitrogens with zero attached hydrogens (tertiary/aromatic N) is 2. The Labute approximate surface area is 122 Å². The monoisotopic (exact) mass is 294 g/mol. The topological polar surface area (TPSA) is 49.8 Å². The molecule has 4 nitrogen and oxygen atoms in total. The normalized spacial score (nSPS) is 10.4. The Morgan fingerprint density at radius 2 is 2.05 bits per heavy atom. The van der Waals surface area contributed by atoms with Gasteiger partial charge in [-0.1, -0.05) is 18.5 Å². The second kappa shape index (κ2) is 6.52. The standard InChI is InChI=1S/C14H16ClFN4/c1-3-6-17-14-18-9(2)7-13(20-14)19-12-8-10(16)4-5-11(12)15/h4-5,7-8H,3,6H2,1-2H3,(H2,17,18,19,20). The molecule has 1 aromatic heterocycles. The maximum absolute atomic E-state index is 13.2. The van der Waals surface area contributed by atoms with E-state index in [-0.39, 0.29) is 5.82 Å². The Bertz CT molecular complexity index is 604. The van der Waals surface area contributed by atoms with Gasteiger partial charge >= 0.3 is 0 Å².